The van der Waals surface area contributed by atoms with Crippen molar-refractivity contribution in [2.24, 2.45) is 10.9 Å². The summed E-state index contributed by atoms with van der Waals surface area (Å²) in [5.74, 6) is 0.756. The van der Waals surface area contributed by atoms with Crippen LogP contribution in [-0.4, -0.2) is 25.9 Å². The van der Waals surface area contributed by atoms with Crippen LogP contribution in [0.25, 0.3) is 0 Å². The van der Waals surface area contributed by atoms with E-state index in [2.05, 4.69) is 20.4 Å². The number of aliphatic imine (C=N–C) groups is 1. The van der Waals surface area contributed by atoms with Crippen molar-refractivity contribution in [3.05, 3.63) is 29.8 Å². The number of rotatable bonds is 5. The third kappa shape index (κ3) is 6.87. The van der Waals surface area contributed by atoms with Crippen LogP contribution in [0.5, 0.6) is 5.75 Å². The van der Waals surface area contributed by atoms with Crippen molar-refractivity contribution in [1.82, 2.24) is 10.6 Å². The molecule has 0 unspecified atom stereocenters. The van der Waals surface area contributed by atoms with Crippen molar-refractivity contribution in [3.63, 3.8) is 0 Å². The number of nitrogens with zero attached hydrogens (tertiary/aromatic N) is 1. The number of para-hydroxylation sites is 1. The molecule has 0 aliphatic rings. The lowest BCUT2D eigenvalue weighted by Crippen LogP contribution is -2.38. The second-order valence-corrected chi connectivity index (χ2v) is 4.86. The monoisotopic (exact) mass is 303 g/mol. The molecule has 7 heteroatoms. The van der Waals surface area contributed by atoms with Crippen molar-refractivity contribution in [2.75, 3.05) is 13.6 Å². The topological polar surface area (TPSA) is 45.7 Å². The Kier molecular flexibility index (Phi) is 6.33. The molecule has 0 aliphatic heterocycles. The van der Waals surface area contributed by atoms with E-state index >= 15 is 0 Å². The summed E-state index contributed by atoms with van der Waals surface area (Å²) in [6.45, 7) is 5.00. The van der Waals surface area contributed by atoms with Gasteiger partial charge in [0.15, 0.2) is 5.96 Å². The molecule has 0 aromatic heterocycles. The van der Waals surface area contributed by atoms with Gasteiger partial charge in [0.1, 0.15) is 5.75 Å². The fourth-order valence-corrected chi connectivity index (χ4v) is 1.57. The molecular weight excluding hydrogens is 283 g/mol. The Hall–Kier alpha value is -1.92. The highest BCUT2D eigenvalue weighted by atomic mass is 19.4. The van der Waals surface area contributed by atoms with E-state index in [9.17, 15) is 13.2 Å². The lowest BCUT2D eigenvalue weighted by molar-refractivity contribution is -0.274. The molecule has 2 N–H and O–H groups in total. The first-order valence-electron chi connectivity index (χ1n) is 6.60. The Labute approximate surface area is 122 Å². The molecule has 4 nitrogen and oxygen atoms in total. The second kappa shape index (κ2) is 7.75. The van der Waals surface area contributed by atoms with Crippen LogP contribution >= 0.6 is 0 Å². The van der Waals surface area contributed by atoms with Crippen molar-refractivity contribution >= 4 is 5.96 Å². The number of ether oxygens (including phenoxy) is 1. The van der Waals surface area contributed by atoms with Gasteiger partial charge in [-0.25, -0.2) is 0 Å². The predicted molar refractivity (Wildman–Crippen MR) is 76.2 cm³/mol. The number of hydrogen-bond acceptors (Lipinski definition) is 2. The summed E-state index contributed by atoms with van der Waals surface area (Å²) in [7, 11) is 1.60. The minimum absolute atomic E-state index is 0.185. The standard InChI is InChI=1S/C14H20F3N3O/c1-10(2)8-19-13(18-3)20-9-11-6-4-5-7-12(11)21-14(15,16)17/h4-7,10H,8-9H2,1-3H3,(H2,18,19,20). The van der Waals surface area contributed by atoms with E-state index in [4.69, 9.17) is 0 Å². The summed E-state index contributed by atoms with van der Waals surface area (Å²) in [6, 6.07) is 6.01. The van der Waals surface area contributed by atoms with E-state index in [1.165, 1.54) is 12.1 Å². The molecule has 0 radical (unpaired) electrons. The van der Waals surface area contributed by atoms with Gasteiger partial charge in [0.25, 0.3) is 0 Å². The molecule has 0 heterocycles. The van der Waals surface area contributed by atoms with E-state index in [1.54, 1.807) is 19.2 Å². The first-order chi connectivity index (χ1) is 9.81. The van der Waals surface area contributed by atoms with Crippen LogP contribution in [0.4, 0.5) is 13.2 Å². The highest BCUT2D eigenvalue weighted by molar-refractivity contribution is 5.79. The Morgan fingerprint density at radius 2 is 1.90 bits per heavy atom. The SMILES string of the molecule is CN=C(NCc1ccccc1OC(F)(F)F)NCC(C)C. The van der Waals surface area contributed by atoms with Gasteiger partial charge in [-0.15, -0.1) is 13.2 Å². The van der Waals surface area contributed by atoms with Gasteiger partial charge in [-0.2, -0.15) is 0 Å². The highest BCUT2D eigenvalue weighted by Gasteiger charge is 2.31. The molecule has 0 saturated carbocycles. The zero-order chi connectivity index (χ0) is 15.9. The van der Waals surface area contributed by atoms with Crippen LogP contribution in [0.3, 0.4) is 0 Å². The summed E-state index contributed by atoms with van der Waals surface area (Å²) >= 11 is 0. The van der Waals surface area contributed by atoms with Crippen molar-refractivity contribution < 1.29 is 17.9 Å². The molecule has 118 valence electrons. The minimum Gasteiger partial charge on any atom is -0.405 e. The van der Waals surface area contributed by atoms with Crippen molar-refractivity contribution in [3.8, 4) is 5.75 Å². The van der Waals surface area contributed by atoms with Gasteiger partial charge in [0.2, 0.25) is 0 Å². The summed E-state index contributed by atoms with van der Waals surface area (Å²) in [5.41, 5.74) is 0.405. The number of guanidine groups is 1. The maximum Gasteiger partial charge on any atom is 0.573 e. The molecule has 1 rings (SSSR count). The van der Waals surface area contributed by atoms with Crippen LogP contribution in [0.1, 0.15) is 19.4 Å². The number of hydrogen-bond donors (Lipinski definition) is 2. The Balaban J connectivity index is 2.66. The fourth-order valence-electron chi connectivity index (χ4n) is 1.57. The van der Waals surface area contributed by atoms with E-state index < -0.39 is 6.36 Å². The normalized spacial score (nSPS) is 12.4. The van der Waals surface area contributed by atoms with Gasteiger partial charge < -0.3 is 15.4 Å². The average molecular weight is 303 g/mol. The third-order valence-electron chi connectivity index (χ3n) is 2.55. The van der Waals surface area contributed by atoms with Gasteiger partial charge in [0.05, 0.1) is 0 Å². The predicted octanol–water partition coefficient (Wildman–Crippen LogP) is 2.91. The highest BCUT2D eigenvalue weighted by Crippen LogP contribution is 2.25. The van der Waals surface area contributed by atoms with Gasteiger partial charge in [-0.05, 0) is 12.0 Å². The maximum atomic E-state index is 12.3. The molecule has 21 heavy (non-hydrogen) atoms. The summed E-state index contributed by atoms with van der Waals surface area (Å²) in [6.07, 6.45) is -4.70. The van der Waals surface area contributed by atoms with E-state index in [-0.39, 0.29) is 12.3 Å². The summed E-state index contributed by atoms with van der Waals surface area (Å²) in [5, 5.41) is 6.04. The van der Waals surface area contributed by atoms with Crippen LogP contribution < -0.4 is 15.4 Å². The number of nitrogens with one attached hydrogen (secondary N) is 2. The molecule has 0 amide bonds. The number of alkyl halides is 3. The Morgan fingerprint density at radius 1 is 1.24 bits per heavy atom. The molecule has 1 aromatic carbocycles. The second-order valence-electron chi connectivity index (χ2n) is 4.86. The largest absolute Gasteiger partial charge is 0.573 e. The third-order valence-corrected chi connectivity index (χ3v) is 2.55. The number of halogens is 3. The zero-order valence-electron chi connectivity index (χ0n) is 12.3. The summed E-state index contributed by atoms with van der Waals surface area (Å²) < 4.78 is 40.9. The zero-order valence-corrected chi connectivity index (χ0v) is 12.3. The van der Waals surface area contributed by atoms with Crippen LogP contribution in [0.15, 0.2) is 29.3 Å². The first-order valence-corrected chi connectivity index (χ1v) is 6.60. The van der Waals surface area contributed by atoms with Crippen LogP contribution in [0, 0.1) is 5.92 Å². The van der Waals surface area contributed by atoms with Crippen molar-refractivity contribution in [2.45, 2.75) is 26.8 Å². The molecular formula is C14H20F3N3O. The van der Waals surface area contributed by atoms with Gasteiger partial charge in [-0.3, -0.25) is 4.99 Å². The summed E-state index contributed by atoms with van der Waals surface area (Å²) in [4.78, 5) is 4.01. The lowest BCUT2D eigenvalue weighted by atomic mass is 10.2. The van der Waals surface area contributed by atoms with Crippen LogP contribution in [-0.2, 0) is 6.54 Å². The lowest BCUT2D eigenvalue weighted by Gasteiger charge is -2.16. The van der Waals surface area contributed by atoms with Gasteiger partial charge in [-0.1, -0.05) is 32.0 Å². The maximum absolute atomic E-state index is 12.3. The van der Waals surface area contributed by atoms with Gasteiger partial charge in [0, 0.05) is 25.7 Å². The van der Waals surface area contributed by atoms with E-state index in [0.717, 1.165) is 6.54 Å². The number of benzene rings is 1. The average Bonchev–Trinajstić information content (AvgIpc) is 2.38. The van der Waals surface area contributed by atoms with E-state index in [1.807, 2.05) is 13.8 Å². The van der Waals surface area contributed by atoms with Crippen molar-refractivity contribution in [1.29, 1.82) is 0 Å². The smallest absolute Gasteiger partial charge is 0.405 e. The molecule has 0 aliphatic carbocycles. The quantitative estimate of drug-likeness (QED) is 0.649. The van der Waals surface area contributed by atoms with E-state index in [0.29, 0.717) is 17.4 Å². The molecule has 0 saturated heterocycles. The minimum atomic E-state index is -4.70. The Bertz CT molecular complexity index is 473. The molecule has 0 atom stereocenters. The first kappa shape index (κ1) is 17.1. The Morgan fingerprint density at radius 3 is 2.48 bits per heavy atom. The van der Waals surface area contributed by atoms with Crippen LogP contribution in [0.2, 0.25) is 0 Å². The molecule has 0 fully saturated rings. The fraction of sp³-hybridized carbons (Fsp3) is 0.500. The molecule has 1 aromatic rings. The van der Waals surface area contributed by atoms with Gasteiger partial charge >= 0.3 is 6.36 Å². The molecule has 0 spiro atoms. The molecule has 0 bridgehead atoms.